The number of rotatable bonds is 1. The van der Waals surface area contributed by atoms with E-state index in [4.69, 9.17) is 0 Å². The molecule has 1 N–H and O–H groups in total. The SMILES string of the molecule is CC1(C2CC2)NCCC1=O.Cl. The first-order chi connectivity index (χ1) is 4.73. The summed E-state index contributed by atoms with van der Waals surface area (Å²) >= 11 is 0. The minimum atomic E-state index is -0.125. The van der Waals surface area contributed by atoms with Gasteiger partial charge in [-0.1, -0.05) is 0 Å². The van der Waals surface area contributed by atoms with E-state index >= 15 is 0 Å². The van der Waals surface area contributed by atoms with E-state index in [-0.39, 0.29) is 17.9 Å². The maximum Gasteiger partial charge on any atom is 0.154 e. The molecule has 2 aliphatic rings. The van der Waals surface area contributed by atoms with Crippen LogP contribution in [0.15, 0.2) is 0 Å². The van der Waals surface area contributed by atoms with Crippen molar-refractivity contribution in [1.29, 1.82) is 0 Å². The van der Waals surface area contributed by atoms with Crippen LogP contribution in [0.25, 0.3) is 0 Å². The van der Waals surface area contributed by atoms with E-state index in [0.717, 1.165) is 13.0 Å². The van der Waals surface area contributed by atoms with Gasteiger partial charge in [0.25, 0.3) is 0 Å². The van der Waals surface area contributed by atoms with Crippen LogP contribution in [0, 0.1) is 5.92 Å². The molecule has 3 heteroatoms. The van der Waals surface area contributed by atoms with Crippen LogP contribution >= 0.6 is 12.4 Å². The van der Waals surface area contributed by atoms with E-state index < -0.39 is 0 Å². The number of hydrogen-bond acceptors (Lipinski definition) is 2. The fourth-order valence-corrected chi connectivity index (χ4v) is 1.83. The van der Waals surface area contributed by atoms with Crippen molar-refractivity contribution in [2.24, 2.45) is 5.92 Å². The Morgan fingerprint density at radius 2 is 2.18 bits per heavy atom. The second kappa shape index (κ2) is 2.76. The van der Waals surface area contributed by atoms with E-state index in [9.17, 15) is 4.79 Å². The number of hydrogen-bond donors (Lipinski definition) is 1. The largest absolute Gasteiger partial charge is 0.304 e. The fourth-order valence-electron chi connectivity index (χ4n) is 1.83. The van der Waals surface area contributed by atoms with Crippen LogP contribution in [-0.4, -0.2) is 17.9 Å². The smallest absolute Gasteiger partial charge is 0.154 e. The first-order valence-corrected chi connectivity index (χ1v) is 4.02. The molecule has 2 nitrogen and oxygen atoms in total. The average Bonchev–Trinajstić information content (AvgIpc) is 2.65. The van der Waals surface area contributed by atoms with Gasteiger partial charge in [-0.05, 0) is 25.7 Å². The normalized spacial score (nSPS) is 37.0. The lowest BCUT2D eigenvalue weighted by Gasteiger charge is -2.21. The van der Waals surface area contributed by atoms with Gasteiger partial charge >= 0.3 is 0 Å². The van der Waals surface area contributed by atoms with Gasteiger partial charge in [-0.15, -0.1) is 12.4 Å². The van der Waals surface area contributed by atoms with Gasteiger partial charge in [-0.3, -0.25) is 4.79 Å². The summed E-state index contributed by atoms with van der Waals surface area (Å²) in [5.41, 5.74) is -0.125. The van der Waals surface area contributed by atoms with Gasteiger partial charge in [-0.2, -0.15) is 0 Å². The van der Waals surface area contributed by atoms with Crippen molar-refractivity contribution in [3.8, 4) is 0 Å². The van der Waals surface area contributed by atoms with Gasteiger partial charge in [0.2, 0.25) is 0 Å². The molecule has 0 bridgehead atoms. The minimum Gasteiger partial charge on any atom is -0.304 e. The number of nitrogens with one attached hydrogen (secondary N) is 1. The second-order valence-corrected chi connectivity index (χ2v) is 3.58. The van der Waals surface area contributed by atoms with Crippen molar-refractivity contribution in [2.45, 2.75) is 31.7 Å². The molecule has 11 heavy (non-hydrogen) atoms. The van der Waals surface area contributed by atoms with E-state index in [1.165, 1.54) is 12.8 Å². The Morgan fingerprint density at radius 1 is 1.55 bits per heavy atom. The summed E-state index contributed by atoms with van der Waals surface area (Å²) in [5.74, 6) is 1.08. The van der Waals surface area contributed by atoms with Crippen LogP contribution in [0.5, 0.6) is 0 Å². The van der Waals surface area contributed by atoms with Gasteiger partial charge in [0.15, 0.2) is 5.78 Å². The molecule has 0 spiro atoms. The molecule has 1 aliphatic carbocycles. The molecule has 1 heterocycles. The predicted molar refractivity (Wildman–Crippen MR) is 46.0 cm³/mol. The minimum absolute atomic E-state index is 0. The van der Waals surface area contributed by atoms with Crippen LogP contribution in [0.2, 0.25) is 0 Å². The Hall–Kier alpha value is -0.0800. The molecule has 2 rings (SSSR count). The van der Waals surface area contributed by atoms with E-state index in [1.54, 1.807) is 0 Å². The molecule has 1 saturated heterocycles. The van der Waals surface area contributed by atoms with Crippen molar-refractivity contribution >= 4 is 18.2 Å². The zero-order valence-electron chi connectivity index (χ0n) is 6.72. The Kier molecular flexibility index (Phi) is 2.26. The molecule has 0 aromatic rings. The second-order valence-electron chi connectivity index (χ2n) is 3.58. The van der Waals surface area contributed by atoms with Gasteiger partial charge in [0.1, 0.15) is 0 Å². The highest BCUT2D eigenvalue weighted by atomic mass is 35.5. The number of Topliss-reactive ketones (excluding diaryl/α,β-unsaturated/α-hetero) is 1. The number of halogens is 1. The summed E-state index contributed by atoms with van der Waals surface area (Å²) in [6, 6.07) is 0. The van der Waals surface area contributed by atoms with Crippen LogP contribution in [-0.2, 0) is 4.79 Å². The third kappa shape index (κ3) is 1.30. The van der Waals surface area contributed by atoms with Crippen LogP contribution in [0.4, 0.5) is 0 Å². The quantitative estimate of drug-likeness (QED) is 0.648. The third-order valence-electron chi connectivity index (χ3n) is 2.82. The van der Waals surface area contributed by atoms with Crippen LogP contribution < -0.4 is 5.32 Å². The van der Waals surface area contributed by atoms with E-state index in [1.807, 2.05) is 0 Å². The Morgan fingerprint density at radius 3 is 2.55 bits per heavy atom. The first-order valence-electron chi connectivity index (χ1n) is 4.02. The third-order valence-corrected chi connectivity index (χ3v) is 2.82. The number of carbonyl (C=O) groups excluding carboxylic acids is 1. The topological polar surface area (TPSA) is 29.1 Å². The van der Waals surface area contributed by atoms with Crippen LogP contribution in [0.1, 0.15) is 26.2 Å². The lowest BCUT2D eigenvalue weighted by molar-refractivity contribution is -0.122. The van der Waals surface area contributed by atoms with Gasteiger partial charge in [0.05, 0.1) is 5.54 Å². The Bertz CT molecular complexity index is 179. The molecule has 0 aromatic heterocycles. The number of carbonyl (C=O) groups is 1. The van der Waals surface area contributed by atoms with E-state index in [2.05, 4.69) is 12.2 Å². The van der Waals surface area contributed by atoms with Gasteiger partial charge < -0.3 is 5.32 Å². The molecule has 64 valence electrons. The Labute approximate surface area is 73.1 Å². The highest BCUT2D eigenvalue weighted by molar-refractivity contribution is 5.90. The van der Waals surface area contributed by atoms with Crippen molar-refractivity contribution in [1.82, 2.24) is 5.32 Å². The van der Waals surface area contributed by atoms with Crippen molar-refractivity contribution in [2.75, 3.05) is 6.54 Å². The highest BCUT2D eigenvalue weighted by Gasteiger charge is 2.48. The molecule has 0 aromatic carbocycles. The first kappa shape index (κ1) is 9.01. The molecular weight excluding hydrogens is 162 g/mol. The summed E-state index contributed by atoms with van der Waals surface area (Å²) in [6.45, 7) is 2.95. The highest BCUT2D eigenvalue weighted by Crippen LogP contribution is 2.41. The summed E-state index contributed by atoms with van der Waals surface area (Å²) in [4.78, 5) is 11.3. The summed E-state index contributed by atoms with van der Waals surface area (Å²) in [7, 11) is 0. The summed E-state index contributed by atoms with van der Waals surface area (Å²) in [6.07, 6.45) is 3.23. The molecular formula is C8H14ClNO. The zero-order chi connectivity index (χ0) is 7.19. The van der Waals surface area contributed by atoms with Crippen LogP contribution in [0.3, 0.4) is 0 Å². The predicted octanol–water partition coefficient (Wildman–Crippen LogP) is 1.14. The Balaban J connectivity index is 0.000000605. The summed E-state index contributed by atoms with van der Waals surface area (Å²) < 4.78 is 0. The van der Waals surface area contributed by atoms with Gasteiger partial charge in [-0.25, -0.2) is 0 Å². The molecule has 1 unspecified atom stereocenters. The fraction of sp³-hybridized carbons (Fsp3) is 0.875. The van der Waals surface area contributed by atoms with Crippen molar-refractivity contribution in [3.63, 3.8) is 0 Å². The molecule has 1 atom stereocenters. The maximum absolute atomic E-state index is 11.3. The monoisotopic (exact) mass is 175 g/mol. The molecule has 0 amide bonds. The maximum atomic E-state index is 11.3. The molecule has 1 aliphatic heterocycles. The van der Waals surface area contributed by atoms with Gasteiger partial charge in [0, 0.05) is 13.0 Å². The summed E-state index contributed by atoms with van der Waals surface area (Å²) in [5, 5.41) is 3.30. The lowest BCUT2D eigenvalue weighted by atomic mass is 9.93. The standard InChI is InChI=1S/C8H13NO.ClH/c1-8(6-2-3-6)7(10)4-5-9-8;/h6,9H,2-5H2,1H3;1H. The van der Waals surface area contributed by atoms with E-state index in [0.29, 0.717) is 11.7 Å². The average molecular weight is 176 g/mol. The molecule has 2 fully saturated rings. The number of ketones is 1. The molecule has 0 radical (unpaired) electrons. The van der Waals surface area contributed by atoms with Crippen molar-refractivity contribution in [3.05, 3.63) is 0 Å². The zero-order valence-corrected chi connectivity index (χ0v) is 7.54. The lowest BCUT2D eigenvalue weighted by Crippen LogP contribution is -2.44. The molecule has 1 saturated carbocycles. The van der Waals surface area contributed by atoms with Crippen molar-refractivity contribution < 1.29 is 4.79 Å².